The molecule has 4 fully saturated rings. The molecule has 3 aliphatic carbocycles. The van der Waals surface area contributed by atoms with E-state index >= 15 is 0 Å². The number of ether oxygens (including phenoxy) is 2. The van der Waals surface area contributed by atoms with E-state index in [0.29, 0.717) is 24.7 Å². The Kier molecular flexibility index (Phi) is 6.77. The molecule has 5 unspecified atom stereocenters. The molecule has 2 saturated heterocycles. The van der Waals surface area contributed by atoms with Crippen LogP contribution in [-0.2, 0) is 23.9 Å². The van der Waals surface area contributed by atoms with Gasteiger partial charge in [0.1, 0.15) is 17.5 Å². The van der Waals surface area contributed by atoms with E-state index in [2.05, 4.69) is 34.6 Å². The standard InChI is InChI=1S/C30H44O6/c1-14(2)19(15(3)4)10-18(32)11-20-26-16(5)7-8-22-27(21(26)13-31)25(35-29(20)34)12-23-17(6)9-24(33)28-30(22,23)36-28/h9,14-16,19-23,25-28,31H,7-8,10-13H2,1-6H3/t16-,20?,21-,22?,23?,25+,26?,27?,28+,30-/m0/s1. The Balaban J connectivity index is 1.48. The Labute approximate surface area is 215 Å². The van der Waals surface area contributed by atoms with Crippen LogP contribution >= 0.6 is 0 Å². The van der Waals surface area contributed by atoms with E-state index in [1.807, 2.05) is 6.92 Å². The summed E-state index contributed by atoms with van der Waals surface area (Å²) in [4.78, 5) is 39.8. The van der Waals surface area contributed by atoms with E-state index in [4.69, 9.17) is 9.47 Å². The van der Waals surface area contributed by atoms with Crippen LogP contribution in [0.4, 0.5) is 0 Å². The van der Waals surface area contributed by atoms with Crippen LogP contribution < -0.4 is 0 Å². The molecule has 2 bridgehead atoms. The molecule has 2 heterocycles. The van der Waals surface area contributed by atoms with Gasteiger partial charge in [0.2, 0.25) is 0 Å². The molecule has 1 spiro atoms. The molecule has 1 N–H and O–H groups in total. The van der Waals surface area contributed by atoms with Crippen LogP contribution in [0.5, 0.6) is 0 Å². The molecule has 200 valence electrons. The summed E-state index contributed by atoms with van der Waals surface area (Å²) in [6.07, 6.45) is 4.08. The van der Waals surface area contributed by atoms with Crippen molar-refractivity contribution in [2.75, 3.05) is 6.61 Å². The van der Waals surface area contributed by atoms with Crippen LogP contribution in [0.15, 0.2) is 11.6 Å². The van der Waals surface area contributed by atoms with E-state index in [1.54, 1.807) is 6.08 Å². The van der Waals surface area contributed by atoms with Crippen molar-refractivity contribution in [3.63, 3.8) is 0 Å². The van der Waals surface area contributed by atoms with Gasteiger partial charge in [0.15, 0.2) is 11.9 Å². The molecular formula is C30H44O6. The molecule has 2 saturated carbocycles. The van der Waals surface area contributed by atoms with Gasteiger partial charge in [-0.05, 0) is 67.3 Å². The highest BCUT2D eigenvalue weighted by Crippen LogP contribution is 2.66. The number of esters is 1. The lowest BCUT2D eigenvalue weighted by Gasteiger charge is -2.48. The second-order valence-electron chi connectivity index (χ2n) is 13.3. The predicted octanol–water partition coefficient (Wildman–Crippen LogP) is 4.38. The average molecular weight is 501 g/mol. The van der Waals surface area contributed by atoms with Crippen molar-refractivity contribution < 1.29 is 29.0 Å². The number of Topliss-reactive ketones (excluding diaryl/α,β-unsaturated/α-hetero) is 1. The number of ketones is 2. The SMILES string of the molecule is CC1=CC(=O)[C@H]2O[C@@]23C1C[C@H]1OC(=O)C(CC(=O)CC(C(C)C)C(C)C)C2[C@H](CO)C1C3CC[C@@H]2C. The van der Waals surface area contributed by atoms with Gasteiger partial charge in [-0.15, -0.1) is 0 Å². The number of carbonyl (C=O) groups is 3. The first-order valence-corrected chi connectivity index (χ1v) is 14.2. The number of fused-ring (bicyclic) bond motifs is 1. The zero-order valence-electron chi connectivity index (χ0n) is 22.7. The number of epoxide rings is 1. The van der Waals surface area contributed by atoms with E-state index in [-0.39, 0.29) is 78.1 Å². The van der Waals surface area contributed by atoms with Crippen LogP contribution in [0, 0.1) is 59.2 Å². The van der Waals surface area contributed by atoms with E-state index in [1.165, 1.54) is 0 Å². The third kappa shape index (κ3) is 3.93. The van der Waals surface area contributed by atoms with E-state index < -0.39 is 17.6 Å². The van der Waals surface area contributed by atoms with E-state index in [9.17, 15) is 19.5 Å². The third-order valence-corrected chi connectivity index (χ3v) is 10.8. The van der Waals surface area contributed by atoms with Gasteiger partial charge in [-0.1, -0.05) is 46.6 Å². The van der Waals surface area contributed by atoms with Gasteiger partial charge in [0.05, 0.1) is 5.92 Å². The Bertz CT molecular complexity index is 943. The quantitative estimate of drug-likeness (QED) is 0.412. The van der Waals surface area contributed by atoms with Crippen molar-refractivity contribution in [2.24, 2.45) is 59.2 Å². The van der Waals surface area contributed by atoms with Gasteiger partial charge in [0, 0.05) is 31.3 Å². The van der Waals surface area contributed by atoms with Crippen molar-refractivity contribution in [3.05, 3.63) is 11.6 Å². The van der Waals surface area contributed by atoms with Crippen LogP contribution in [0.2, 0.25) is 0 Å². The fraction of sp³-hybridized carbons (Fsp3) is 0.833. The van der Waals surface area contributed by atoms with Crippen molar-refractivity contribution in [1.29, 1.82) is 0 Å². The molecule has 36 heavy (non-hydrogen) atoms. The molecule has 6 heteroatoms. The smallest absolute Gasteiger partial charge is 0.309 e. The first-order chi connectivity index (χ1) is 17.0. The molecule has 6 nitrogen and oxygen atoms in total. The fourth-order valence-electron chi connectivity index (χ4n) is 9.15. The summed E-state index contributed by atoms with van der Waals surface area (Å²) in [5.41, 5.74) is 0.505. The first kappa shape index (κ1) is 26.1. The molecule has 0 radical (unpaired) electrons. The zero-order chi connectivity index (χ0) is 26.1. The first-order valence-electron chi connectivity index (χ1n) is 14.2. The maximum atomic E-state index is 13.7. The lowest BCUT2D eigenvalue weighted by molar-refractivity contribution is -0.163. The minimum atomic E-state index is -0.525. The number of aliphatic hydroxyl groups excluding tert-OH is 1. The summed E-state index contributed by atoms with van der Waals surface area (Å²) in [6.45, 7) is 12.8. The lowest BCUT2D eigenvalue weighted by atomic mass is 9.55. The summed E-state index contributed by atoms with van der Waals surface area (Å²) in [7, 11) is 0. The van der Waals surface area contributed by atoms with Gasteiger partial charge in [0.25, 0.3) is 0 Å². The summed E-state index contributed by atoms with van der Waals surface area (Å²) < 4.78 is 12.5. The Morgan fingerprint density at radius 1 is 1.14 bits per heavy atom. The van der Waals surface area contributed by atoms with E-state index in [0.717, 1.165) is 18.4 Å². The van der Waals surface area contributed by atoms with Crippen molar-refractivity contribution in [2.45, 2.75) is 91.5 Å². The van der Waals surface area contributed by atoms with Crippen LogP contribution in [0.3, 0.4) is 0 Å². The van der Waals surface area contributed by atoms with Crippen molar-refractivity contribution in [1.82, 2.24) is 0 Å². The topological polar surface area (TPSA) is 93.2 Å². The second-order valence-corrected chi connectivity index (χ2v) is 13.3. The molecular weight excluding hydrogens is 456 g/mol. The molecule has 5 rings (SSSR count). The molecule has 2 aliphatic heterocycles. The highest BCUT2D eigenvalue weighted by atomic mass is 16.6. The highest BCUT2D eigenvalue weighted by molar-refractivity contribution is 5.99. The maximum Gasteiger partial charge on any atom is 0.309 e. The molecule has 5 aliphatic rings. The minimum Gasteiger partial charge on any atom is -0.462 e. The number of carbonyl (C=O) groups excluding carboxylic acids is 3. The third-order valence-electron chi connectivity index (χ3n) is 10.8. The summed E-state index contributed by atoms with van der Waals surface area (Å²) in [6, 6.07) is 0. The van der Waals surface area contributed by atoms with Gasteiger partial charge < -0.3 is 14.6 Å². The number of rotatable bonds is 7. The number of hydrogen-bond donors (Lipinski definition) is 1. The highest BCUT2D eigenvalue weighted by Gasteiger charge is 2.75. The van der Waals surface area contributed by atoms with Crippen LogP contribution in [0.1, 0.15) is 73.6 Å². The van der Waals surface area contributed by atoms with Crippen LogP contribution in [-0.4, -0.2) is 47.1 Å². The van der Waals surface area contributed by atoms with Gasteiger partial charge in [-0.25, -0.2) is 0 Å². The average Bonchev–Trinajstić information content (AvgIpc) is 3.58. The van der Waals surface area contributed by atoms with Gasteiger partial charge in [-0.3, -0.25) is 14.4 Å². The number of aliphatic hydroxyl groups is 1. The zero-order valence-corrected chi connectivity index (χ0v) is 22.7. The Hall–Kier alpha value is -1.53. The molecule has 0 amide bonds. The van der Waals surface area contributed by atoms with Gasteiger partial charge in [-0.2, -0.15) is 0 Å². The summed E-state index contributed by atoms with van der Waals surface area (Å²) in [5, 5.41) is 10.8. The monoisotopic (exact) mass is 500 g/mol. The molecule has 0 aromatic rings. The van der Waals surface area contributed by atoms with Crippen molar-refractivity contribution >= 4 is 17.5 Å². The Morgan fingerprint density at radius 2 is 1.83 bits per heavy atom. The predicted molar refractivity (Wildman–Crippen MR) is 135 cm³/mol. The van der Waals surface area contributed by atoms with Crippen molar-refractivity contribution in [3.8, 4) is 0 Å². The molecule has 10 atom stereocenters. The molecule has 0 aromatic carbocycles. The fourth-order valence-corrected chi connectivity index (χ4v) is 9.15. The largest absolute Gasteiger partial charge is 0.462 e. The van der Waals surface area contributed by atoms with Gasteiger partial charge >= 0.3 is 5.97 Å². The lowest BCUT2D eigenvalue weighted by Crippen LogP contribution is -2.55. The molecule has 0 aromatic heterocycles. The summed E-state index contributed by atoms with van der Waals surface area (Å²) >= 11 is 0. The summed E-state index contributed by atoms with van der Waals surface area (Å²) in [5.74, 6) is 0.456. The second kappa shape index (κ2) is 9.34. The number of hydrogen-bond acceptors (Lipinski definition) is 6. The minimum absolute atomic E-state index is 0.0389. The maximum absolute atomic E-state index is 13.7. The normalized spacial score (nSPS) is 43.4. The van der Waals surface area contributed by atoms with Crippen LogP contribution in [0.25, 0.3) is 0 Å². The Morgan fingerprint density at radius 3 is 2.47 bits per heavy atom.